The van der Waals surface area contributed by atoms with Gasteiger partial charge in [0.2, 0.25) is 11.8 Å². The van der Waals surface area contributed by atoms with Crippen LogP contribution in [-0.4, -0.2) is 51.4 Å². The molecular weight excluding hydrogens is 526 g/mol. The highest BCUT2D eigenvalue weighted by Gasteiger charge is 2.33. The lowest BCUT2D eigenvalue weighted by molar-refractivity contribution is -0.140. The van der Waals surface area contributed by atoms with Crippen molar-refractivity contribution in [2.24, 2.45) is 5.92 Å². The number of hydrogen-bond acceptors (Lipinski definition) is 5. The molecule has 9 heteroatoms. The molecule has 1 N–H and O–H groups in total. The van der Waals surface area contributed by atoms with Crippen molar-refractivity contribution < 1.29 is 22.7 Å². The van der Waals surface area contributed by atoms with E-state index in [-0.39, 0.29) is 23.3 Å². The average Bonchev–Trinajstić information content (AvgIpc) is 2.95. The van der Waals surface area contributed by atoms with E-state index in [0.29, 0.717) is 24.4 Å². The first-order valence-electron chi connectivity index (χ1n) is 13.4. The number of ether oxygens (including phenoxy) is 1. The van der Waals surface area contributed by atoms with E-state index in [1.807, 2.05) is 58.0 Å². The number of nitrogens with one attached hydrogen (secondary N) is 1. The van der Waals surface area contributed by atoms with Crippen LogP contribution in [-0.2, 0) is 26.2 Å². The van der Waals surface area contributed by atoms with Crippen LogP contribution in [0.2, 0.25) is 0 Å². The van der Waals surface area contributed by atoms with Gasteiger partial charge in [-0.05, 0) is 61.2 Å². The van der Waals surface area contributed by atoms with E-state index in [1.54, 1.807) is 36.4 Å². The standard InChI is InChI=1S/C31H39N3O5S/c1-6-29(31(36)32-20-23(2)3)33(21-25-10-8-7-9-11-25)30(35)22-34(26-14-16-27(39-5)17-15-26)40(37,38)28-18-12-24(4)13-19-28/h7-19,23,29H,6,20-22H2,1-5H3,(H,32,36)/t29-/m0/s1. The minimum absolute atomic E-state index is 0.0676. The highest BCUT2D eigenvalue weighted by Crippen LogP contribution is 2.27. The summed E-state index contributed by atoms with van der Waals surface area (Å²) < 4.78 is 34.2. The lowest BCUT2D eigenvalue weighted by atomic mass is 10.1. The maximum atomic E-state index is 14.0. The second kappa shape index (κ2) is 14.0. The molecule has 8 nitrogen and oxygen atoms in total. The fourth-order valence-corrected chi connectivity index (χ4v) is 5.65. The summed E-state index contributed by atoms with van der Waals surface area (Å²) in [5.41, 5.74) is 2.06. The Bertz CT molecular complexity index is 1360. The van der Waals surface area contributed by atoms with Crippen LogP contribution in [0.5, 0.6) is 5.75 Å². The Hall–Kier alpha value is -3.85. The largest absolute Gasteiger partial charge is 0.497 e. The predicted molar refractivity (Wildman–Crippen MR) is 158 cm³/mol. The minimum Gasteiger partial charge on any atom is -0.497 e. The fraction of sp³-hybridized carbons (Fsp3) is 0.355. The van der Waals surface area contributed by atoms with Gasteiger partial charge in [-0.25, -0.2) is 8.42 Å². The van der Waals surface area contributed by atoms with Gasteiger partial charge in [-0.1, -0.05) is 68.8 Å². The van der Waals surface area contributed by atoms with Crippen molar-refractivity contribution in [3.8, 4) is 5.75 Å². The van der Waals surface area contributed by atoms with Gasteiger partial charge in [0.25, 0.3) is 10.0 Å². The lowest BCUT2D eigenvalue weighted by Crippen LogP contribution is -2.52. The Morgan fingerprint density at radius 3 is 2.10 bits per heavy atom. The zero-order valence-corrected chi connectivity index (χ0v) is 24.6. The van der Waals surface area contributed by atoms with Crippen molar-refractivity contribution in [2.75, 3.05) is 24.5 Å². The third kappa shape index (κ3) is 7.85. The zero-order chi connectivity index (χ0) is 29.3. The molecule has 40 heavy (non-hydrogen) atoms. The summed E-state index contributed by atoms with van der Waals surface area (Å²) >= 11 is 0. The SMILES string of the molecule is CC[C@@H](C(=O)NCC(C)C)N(Cc1ccccc1)C(=O)CN(c1ccc(OC)cc1)S(=O)(=O)c1ccc(C)cc1. The van der Waals surface area contributed by atoms with Gasteiger partial charge in [0.1, 0.15) is 18.3 Å². The number of hydrogen-bond donors (Lipinski definition) is 1. The van der Waals surface area contributed by atoms with E-state index < -0.39 is 28.5 Å². The monoisotopic (exact) mass is 565 g/mol. The number of amides is 2. The summed E-state index contributed by atoms with van der Waals surface area (Å²) in [7, 11) is -2.60. The number of carbonyl (C=O) groups is 2. The average molecular weight is 566 g/mol. The van der Waals surface area contributed by atoms with Crippen molar-refractivity contribution in [1.29, 1.82) is 0 Å². The van der Waals surface area contributed by atoms with Crippen LogP contribution in [0.25, 0.3) is 0 Å². The van der Waals surface area contributed by atoms with E-state index in [2.05, 4.69) is 5.32 Å². The lowest BCUT2D eigenvalue weighted by Gasteiger charge is -2.33. The van der Waals surface area contributed by atoms with Crippen molar-refractivity contribution in [3.05, 3.63) is 90.0 Å². The first kappa shape index (κ1) is 30.7. The van der Waals surface area contributed by atoms with E-state index >= 15 is 0 Å². The molecule has 0 radical (unpaired) electrons. The molecule has 0 saturated heterocycles. The molecule has 0 saturated carbocycles. The Morgan fingerprint density at radius 2 is 1.55 bits per heavy atom. The molecular formula is C31H39N3O5S. The van der Waals surface area contributed by atoms with E-state index in [1.165, 1.54) is 24.1 Å². The second-order valence-corrected chi connectivity index (χ2v) is 12.0. The molecule has 0 aliphatic carbocycles. The molecule has 214 valence electrons. The fourth-order valence-electron chi connectivity index (χ4n) is 4.24. The third-order valence-electron chi connectivity index (χ3n) is 6.51. The Balaban J connectivity index is 2.03. The van der Waals surface area contributed by atoms with Gasteiger partial charge in [-0.2, -0.15) is 0 Å². The molecule has 3 aromatic carbocycles. The van der Waals surface area contributed by atoms with Crippen LogP contribution in [0.1, 0.15) is 38.3 Å². The number of nitrogens with zero attached hydrogens (tertiary/aromatic N) is 2. The Labute approximate surface area is 238 Å². The van der Waals surface area contributed by atoms with Crippen LogP contribution in [0.4, 0.5) is 5.69 Å². The molecule has 0 fully saturated rings. The summed E-state index contributed by atoms with van der Waals surface area (Å²) in [6.45, 7) is 7.86. The van der Waals surface area contributed by atoms with Gasteiger partial charge in [0.15, 0.2) is 0 Å². The smallest absolute Gasteiger partial charge is 0.264 e. The van der Waals surface area contributed by atoms with Crippen LogP contribution >= 0.6 is 0 Å². The maximum Gasteiger partial charge on any atom is 0.264 e. The van der Waals surface area contributed by atoms with Crippen LogP contribution in [0, 0.1) is 12.8 Å². The van der Waals surface area contributed by atoms with Crippen LogP contribution in [0.3, 0.4) is 0 Å². The van der Waals surface area contributed by atoms with Gasteiger partial charge in [-0.3, -0.25) is 13.9 Å². The van der Waals surface area contributed by atoms with Crippen molar-refractivity contribution >= 4 is 27.5 Å². The maximum absolute atomic E-state index is 14.0. The molecule has 3 rings (SSSR count). The number of aryl methyl sites for hydroxylation is 1. The van der Waals surface area contributed by atoms with Crippen molar-refractivity contribution in [2.45, 2.75) is 51.6 Å². The molecule has 0 aliphatic rings. The summed E-state index contributed by atoms with van der Waals surface area (Å²) in [4.78, 5) is 28.8. The molecule has 0 aliphatic heterocycles. The highest BCUT2D eigenvalue weighted by molar-refractivity contribution is 7.92. The molecule has 0 spiro atoms. The Kier molecular flexibility index (Phi) is 10.7. The number of carbonyl (C=O) groups excluding carboxylic acids is 2. The first-order valence-corrected chi connectivity index (χ1v) is 14.8. The molecule has 0 heterocycles. The summed E-state index contributed by atoms with van der Waals surface area (Å²) in [5.74, 6) is 0.0473. The number of anilines is 1. The first-order chi connectivity index (χ1) is 19.1. The quantitative estimate of drug-likeness (QED) is 0.322. The molecule has 1 atom stereocenters. The molecule has 0 bridgehead atoms. The molecule has 0 aromatic heterocycles. The summed E-state index contributed by atoms with van der Waals surface area (Å²) in [5, 5.41) is 2.93. The zero-order valence-electron chi connectivity index (χ0n) is 23.8. The van der Waals surface area contributed by atoms with Gasteiger partial charge >= 0.3 is 0 Å². The van der Waals surface area contributed by atoms with Crippen molar-refractivity contribution in [3.63, 3.8) is 0 Å². The number of sulfonamides is 1. The predicted octanol–water partition coefficient (Wildman–Crippen LogP) is 4.78. The number of benzene rings is 3. The van der Waals surface area contributed by atoms with Crippen molar-refractivity contribution in [1.82, 2.24) is 10.2 Å². The molecule has 2 amide bonds. The van der Waals surface area contributed by atoms with Gasteiger partial charge in [0, 0.05) is 13.1 Å². The van der Waals surface area contributed by atoms with E-state index in [4.69, 9.17) is 4.74 Å². The van der Waals surface area contributed by atoms with Gasteiger partial charge in [-0.15, -0.1) is 0 Å². The van der Waals surface area contributed by atoms with Crippen LogP contribution in [0.15, 0.2) is 83.8 Å². The third-order valence-corrected chi connectivity index (χ3v) is 8.30. The topological polar surface area (TPSA) is 96.0 Å². The minimum atomic E-state index is -4.12. The van der Waals surface area contributed by atoms with Gasteiger partial charge in [0.05, 0.1) is 17.7 Å². The normalized spacial score (nSPS) is 12.1. The summed E-state index contributed by atoms with van der Waals surface area (Å²) in [6.07, 6.45) is 0.371. The summed E-state index contributed by atoms with van der Waals surface area (Å²) in [6, 6.07) is 21.6. The number of rotatable bonds is 13. The Morgan fingerprint density at radius 1 is 0.925 bits per heavy atom. The molecule has 0 unspecified atom stereocenters. The number of methoxy groups -OCH3 is 1. The second-order valence-electron chi connectivity index (χ2n) is 10.1. The van der Waals surface area contributed by atoms with Gasteiger partial charge < -0.3 is 15.0 Å². The van der Waals surface area contributed by atoms with Crippen LogP contribution < -0.4 is 14.4 Å². The van der Waals surface area contributed by atoms with E-state index in [0.717, 1.165) is 15.4 Å². The molecule has 3 aromatic rings. The van der Waals surface area contributed by atoms with E-state index in [9.17, 15) is 18.0 Å². The highest BCUT2D eigenvalue weighted by atomic mass is 32.2.